The predicted molar refractivity (Wildman–Crippen MR) is 73.9 cm³/mol. The Labute approximate surface area is 121 Å². The number of methoxy groups -OCH3 is 1. The first-order chi connectivity index (χ1) is 9.52. The number of carbonyl (C=O) groups is 2. The summed E-state index contributed by atoms with van der Waals surface area (Å²) in [7, 11) is 1.48. The van der Waals surface area contributed by atoms with Gasteiger partial charge in [-0.2, -0.15) is 0 Å². The minimum Gasteiger partial charge on any atom is -0.495 e. The van der Waals surface area contributed by atoms with Crippen LogP contribution >= 0.6 is 11.6 Å². The topological polar surface area (TPSA) is 75.6 Å². The number of amides is 1. The van der Waals surface area contributed by atoms with Crippen molar-refractivity contribution in [3.8, 4) is 5.75 Å². The molecule has 6 heteroatoms. The molecule has 1 aliphatic rings. The second-order valence-electron chi connectivity index (χ2n) is 4.80. The molecular weight excluding hydrogens is 282 g/mol. The second kappa shape index (κ2) is 6.13. The number of benzene rings is 1. The molecule has 1 amide bonds. The normalized spacial score (nSPS) is 16.1. The van der Waals surface area contributed by atoms with Crippen molar-refractivity contribution in [3.63, 3.8) is 0 Å². The highest BCUT2D eigenvalue weighted by atomic mass is 35.5. The Balaban J connectivity index is 2.17. The monoisotopic (exact) mass is 297 g/mol. The van der Waals surface area contributed by atoms with Crippen LogP contribution in [-0.2, 0) is 9.59 Å². The summed E-state index contributed by atoms with van der Waals surface area (Å²) in [6.45, 7) is 0. The number of aliphatic carboxylic acids is 1. The molecular formula is C14H16ClNO4. The standard InChI is InChI=1S/C14H16ClNO4/c1-20-11-6-5-9(7-10(11)15)12(14(18)19)16-13(17)8-3-2-4-8/h5-8,12H,2-4H2,1H3,(H,16,17)(H,18,19). The van der Waals surface area contributed by atoms with Gasteiger partial charge in [0.25, 0.3) is 0 Å². The molecule has 1 aromatic carbocycles. The molecule has 2 N–H and O–H groups in total. The van der Waals surface area contributed by atoms with Gasteiger partial charge < -0.3 is 15.2 Å². The molecule has 1 atom stereocenters. The van der Waals surface area contributed by atoms with E-state index >= 15 is 0 Å². The lowest BCUT2D eigenvalue weighted by Gasteiger charge is -2.26. The van der Waals surface area contributed by atoms with Gasteiger partial charge in [-0.05, 0) is 30.5 Å². The highest BCUT2D eigenvalue weighted by Gasteiger charge is 2.30. The molecule has 108 valence electrons. The number of carbonyl (C=O) groups excluding carboxylic acids is 1. The van der Waals surface area contributed by atoms with E-state index in [0.29, 0.717) is 16.3 Å². The van der Waals surface area contributed by atoms with Crippen molar-refractivity contribution in [2.24, 2.45) is 5.92 Å². The van der Waals surface area contributed by atoms with Gasteiger partial charge in [0.1, 0.15) is 5.75 Å². The third-order valence-electron chi connectivity index (χ3n) is 3.52. The zero-order chi connectivity index (χ0) is 14.7. The van der Waals surface area contributed by atoms with Crippen LogP contribution in [0.2, 0.25) is 5.02 Å². The summed E-state index contributed by atoms with van der Waals surface area (Å²) in [5, 5.41) is 12.2. The fourth-order valence-corrected chi connectivity index (χ4v) is 2.35. The molecule has 0 saturated heterocycles. The van der Waals surface area contributed by atoms with Crippen LogP contribution in [0.1, 0.15) is 30.9 Å². The average molecular weight is 298 g/mol. The van der Waals surface area contributed by atoms with E-state index < -0.39 is 12.0 Å². The smallest absolute Gasteiger partial charge is 0.330 e. The van der Waals surface area contributed by atoms with Crippen LogP contribution in [0.15, 0.2) is 18.2 Å². The molecule has 0 aliphatic heterocycles. The van der Waals surface area contributed by atoms with E-state index in [2.05, 4.69) is 5.32 Å². The molecule has 1 aliphatic carbocycles. The van der Waals surface area contributed by atoms with Crippen LogP contribution in [0.4, 0.5) is 0 Å². The molecule has 1 saturated carbocycles. The Morgan fingerprint density at radius 1 is 1.45 bits per heavy atom. The molecule has 0 aromatic heterocycles. The van der Waals surface area contributed by atoms with Crippen molar-refractivity contribution in [1.29, 1.82) is 0 Å². The van der Waals surface area contributed by atoms with E-state index in [4.69, 9.17) is 16.3 Å². The lowest BCUT2D eigenvalue weighted by Crippen LogP contribution is -2.39. The van der Waals surface area contributed by atoms with E-state index in [1.807, 2.05) is 0 Å². The third kappa shape index (κ3) is 3.04. The van der Waals surface area contributed by atoms with Crippen LogP contribution in [0.25, 0.3) is 0 Å². The molecule has 2 rings (SSSR count). The van der Waals surface area contributed by atoms with Gasteiger partial charge in [0, 0.05) is 5.92 Å². The van der Waals surface area contributed by atoms with Crippen LogP contribution in [0.3, 0.4) is 0 Å². The largest absolute Gasteiger partial charge is 0.495 e. The Kier molecular flexibility index (Phi) is 4.49. The first-order valence-corrected chi connectivity index (χ1v) is 6.77. The quantitative estimate of drug-likeness (QED) is 0.875. The lowest BCUT2D eigenvalue weighted by atomic mass is 9.84. The summed E-state index contributed by atoms with van der Waals surface area (Å²) in [6.07, 6.45) is 2.66. The summed E-state index contributed by atoms with van der Waals surface area (Å²) in [6, 6.07) is 3.58. The molecule has 1 fully saturated rings. The highest BCUT2D eigenvalue weighted by molar-refractivity contribution is 6.32. The van der Waals surface area contributed by atoms with E-state index in [9.17, 15) is 14.7 Å². The van der Waals surface area contributed by atoms with E-state index in [1.54, 1.807) is 12.1 Å². The van der Waals surface area contributed by atoms with E-state index in [1.165, 1.54) is 13.2 Å². The van der Waals surface area contributed by atoms with Crippen LogP contribution in [0.5, 0.6) is 5.75 Å². The van der Waals surface area contributed by atoms with E-state index in [-0.39, 0.29) is 11.8 Å². The van der Waals surface area contributed by atoms with Crippen molar-refractivity contribution in [2.45, 2.75) is 25.3 Å². The van der Waals surface area contributed by atoms with Gasteiger partial charge in [0.15, 0.2) is 6.04 Å². The zero-order valence-corrected chi connectivity index (χ0v) is 11.8. The van der Waals surface area contributed by atoms with Crippen LogP contribution in [0, 0.1) is 5.92 Å². The van der Waals surface area contributed by atoms with Crippen molar-refractivity contribution in [2.75, 3.05) is 7.11 Å². The third-order valence-corrected chi connectivity index (χ3v) is 3.81. The summed E-state index contributed by atoms with van der Waals surface area (Å²) < 4.78 is 5.02. The molecule has 5 nitrogen and oxygen atoms in total. The summed E-state index contributed by atoms with van der Waals surface area (Å²) in [4.78, 5) is 23.2. The lowest BCUT2D eigenvalue weighted by molar-refractivity contribution is -0.143. The number of hydrogen-bond acceptors (Lipinski definition) is 3. The Morgan fingerprint density at radius 3 is 2.60 bits per heavy atom. The van der Waals surface area contributed by atoms with Gasteiger partial charge in [-0.1, -0.05) is 24.1 Å². The zero-order valence-electron chi connectivity index (χ0n) is 11.1. The fourth-order valence-electron chi connectivity index (χ4n) is 2.08. The average Bonchev–Trinajstić information content (AvgIpc) is 2.33. The molecule has 1 aromatic rings. The number of carboxylic acid groups (broad SMARTS) is 1. The predicted octanol–water partition coefficient (Wildman–Crippen LogP) is 2.39. The Bertz CT molecular complexity index is 528. The van der Waals surface area contributed by atoms with Gasteiger partial charge in [-0.15, -0.1) is 0 Å². The van der Waals surface area contributed by atoms with Crippen molar-refractivity contribution in [3.05, 3.63) is 28.8 Å². The fraction of sp³-hybridized carbons (Fsp3) is 0.429. The van der Waals surface area contributed by atoms with Crippen molar-refractivity contribution >= 4 is 23.5 Å². The summed E-state index contributed by atoms with van der Waals surface area (Å²) in [5.41, 5.74) is 0.427. The number of hydrogen-bond donors (Lipinski definition) is 2. The number of halogens is 1. The van der Waals surface area contributed by atoms with Gasteiger partial charge in [-0.3, -0.25) is 4.79 Å². The van der Waals surface area contributed by atoms with Gasteiger partial charge in [0.05, 0.1) is 12.1 Å². The molecule has 0 heterocycles. The SMILES string of the molecule is COc1ccc(C(NC(=O)C2CCC2)C(=O)O)cc1Cl. The molecule has 20 heavy (non-hydrogen) atoms. The maximum atomic E-state index is 11.9. The molecule has 0 radical (unpaired) electrons. The van der Waals surface area contributed by atoms with E-state index in [0.717, 1.165) is 19.3 Å². The Hall–Kier alpha value is -1.75. The number of carboxylic acids is 1. The van der Waals surface area contributed by atoms with Crippen molar-refractivity contribution < 1.29 is 19.4 Å². The Morgan fingerprint density at radius 2 is 2.15 bits per heavy atom. The molecule has 1 unspecified atom stereocenters. The second-order valence-corrected chi connectivity index (χ2v) is 5.21. The number of nitrogens with one attached hydrogen (secondary N) is 1. The van der Waals surface area contributed by atoms with Gasteiger partial charge >= 0.3 is 5.97 Å². The van der Waals surface area contributed by atoms with Gasteiger partial charge in [0.2, 0.25) is 5.91 Å². The van der Waals surface area contributed by atoms with Crippen LogP contribution in [-0.4, -0.2) is 24.1 Å². The molecule has 0 spiro atoms. The minimum atomic E-state index is -1.11. The molecule has 0 bridgehead atoms. The maximum Gasteiger partial charge on any atom is 0.330 e. The highest BCUT2D eigenvalue weighted by Crippen LogP contribution is 2.30. The minimum absolute atomic E-state index is 0.0643. The number of ether oxygens (including phenoxy) is 1. The first-order valence-electron chi connectivity index (χ1n) is 6.39. The summed E-state index contributed by atoms with van der Waals surface area (Å²) >= 11 is 5.99. The summed E-state index contributed by atoms with van der Waals surface area (Å²) in [5.74, 6) is -0.926. The first kappa shape index (κ1) is 14.7. The van der Waals surface area contributed by atoms with Crippen molar-refractivity contribution in [1.82, 2.24) is 5.32 Å². The maximum absolute atomic E-state index is 11.9. The van der Waals surface area contributed by atoms with Crippen LogP contribution < -0.4 is 10.1 Å². The number of rotatable bonds is 5. The van der Waals surface area contributed by atoms with Gasteiger partial charge in [-0.25, -0.2) is 4.79 Å².